The number of nitrogens with zero attached hydrogens (tertiary/aromatic N) is 2. The van der Waals surface area contributed by atoms with E-state index >= 15 is 0 Å². The van der Waals surface area contributed by atoms with Gasteiger partial charge >= 0.3 is 0 Å². The van der Waals surface area contributed by atoms with Crippen molar-refractivity contribution in [3.05, 3.63) is 29.6 Å². The van der Waals surface area contributed by atoms with Gasteiger partial charge in [-0.25, -0.2) is 0 Å². The molecule has 4 nitrogen and oxygen atoms in total. The van der Waals surface area contributed by atoms with Crippen molar-refractivity contribution in [2.24, 2.45) is 10.9 Å². The van der Waals surface area contributed by atoms with Gasteiger partial charge in [0.15, 0.2) is 5.96 Å². The van der Waals surface area contributed by atoms with Gasteiger partial charge in [-0.1, -0.05) is 26.2 Å². The van der Waals surface area contributed by atoms with Crippen LogP contribution in [0.5, 0.6) is 0 Å². The molecule has 0 spiro atoms. The molecule has 2 unspecified atom stereocenters. The largest absolute Gasteiger partial charge is 0.357 e. The lowest BCUT2D eigenvalue weighted by atomic mass is 9.84. The first kappa shape index (κ1) is 21.2. The van der Waals surface area contributed by atoms with Crippen molar-refractivity contribution in [2.75, 3.05) is 13.1 Å². The predicted octanol–water partition coefficient (Wildman–Crippen LogP) is 4.07. The van der Waals surface area contributed by atoms with Gasteiger partial charge in [0.05, 0.1) is 0 Å². The topological polar surface area (TPSA) is 49.3 Å². The molecule has 0 saturated heterocycles. The Morgan fingerprint density at radius 1 is 1.33 bits per heavy atom. The van der Waals surface area contributed by atoms with Crippen molar-refractivity contribution in [3.8, 4) is 0 Å². The summed E-state index contributed by atoms with van der Waals surface area (Å²) < 4.78 is 0. The number of halogens is 1. The van der Waals surface area contributed by atoms with Crippen LogP contribution in [-0.2, 0) is 6.42 Å². The molecule has 0 aromatic carbocycles. The lowest BCUT2D eigenvalue weighted by molar-refractivity contribution is 0.298. The highest BCUT2D eigenvalue weighted by atomic mass is 127. The number of aryl methyl sites for hydroxylation is 1. The van der Waals surface area contributed by atoms with Crippen LogP contribution in [0.2, 0.25) is 0 Å². The Bertz CT molecular complexity index is 504. The highest BCUT2D eigenvalue weighted by molar-refractivity contribution is 14.0. The number of nitrogens with one attached hydrogen (secondary N) is 2. The summed E-state index contributed by atoms with van der Waals surface area (Å²) in [6.45, 7) is 8.26. The highest BCUT2D eigenvalue weighted by Crippen LogP contribution is 2.26. The first-order valence-corrected chi connectivity index (χ1v) is 9.17. The second kappa shape index (κ2) is 11.7. The molecule has 1 aromatic heterocycles. The van der Waals surface area contributed by atoms with E-state index in [1.807, 2.05) is 12.4 Å². The van der Waals surface area contributed by atoms with E-state index in [0.717, 1.165) is 31.4 Å². The third kappa shape index (κ3) is 6.95. The minimum Gasteiger partial charge on any atom is -0.357 e. The van der Waals surface area contributed by atoms with Crippen LogP contribution in [0.15, 0.2) is 23.5 Å². The summed E-state index contributed by atoms with van der Waals surface area (Å²) in [5.41, 5.74) is 2.59. The van der Waals surface area contributed by atoms with Crippen LogP contribution in [0.1, 0.15) is 57.1 Å². The van der Waals surface area contributed by atoms with E-state index in [1.54, 1.807) is 0 Å². The number of rotatable bonds is 6. The molecule has 24 heavy (non-hydrogen) atoms. The van der Waals surface area contributed by atoms with Crippen molar-refractivity contribution in [2.45, 2.75) is 65.3 Å². The van der Waals surface area contributed by atoms with Gasteiger partial charge in [0.1, 0.15) is 0 Å². The molecule has 2 N–H and O–H groups in total. The van der Waals surface area contributed by atoms with Gasteiger partial charge in [0.2, 0.25) is 0 Å². The Kier molecular flexibility index (Phi) is 10.3. The molecule has 0 amide bonds. The molecular weight excluding hydrogens is 411 g/mol. The van der Waals surface area contributed by atoms with E-state index in [9.17, 15) is 0 Å². The standard InChI is InChI=1S/C19H32N4.HI/c1-4-16-7-6-8-18(13-16)23-19(21-5-2)22-12-10-17-9-11-20-14-15(17)3;/h9,11,14,16,18H,4-8,10,12-13H2,1-3H3,(H2,21,22,23);1H. The molecule has 1 fully saturated rings. The quantitative estimate of drug-likeness (QED) is 0.395. The van der Waals surface area contributed by atoms with E-state index in [-0.39, 0.29) is 24.0 Å². The maximum Gasteiger partial charge on any atom is 0.191 e. The lowest BCUT2D eigenvalue weighted by Gasteiger charge is -2.30. The molecule has 0 radical (unpaired) electrons. The number of hydrogen-bond donors (Lipinski definition) is 2. The van der Waals surface area contributed by atoms with Gasteiger partial charge in [-0.3, -0.25) is 9.98 Å². The molecular formula is C19H33IN4. The number of pyridine rings is 1. The van der Waals surface area contributed by atoms with Gasteiger partial charge in [-0.05, 0) is 56.2 Å². The van der Waals surface area contributed by atoms with Gasteiger partial charge in [-0.15, -0.1) is 24.0 Å². The molecule has 0 bridgehead atoms. The zero-order valence-corrected chi connectivity index (χ0v) is 17.7. The van der Waals surface area contributed by atoms with Crippen LogP contribution in [0.25, 0.3) is 0 Å². The summed E-state index contributed by atoms with van der Waals surface area (Å²) in [6.07, 6.45) is 11.3. The smallest absolute Gasteiger partial charge is 0.191 e. The third-order valence-corrected chi connectivity index (χ3v) is 4.83. The Morgan fingerprint density at radius 2 is 2.17 bits per heavy atom. The van der Waals surface area contributed by atoms with E-state index < -0.39 is 0 Å². The third-order valence-electron chi connectivity index (χ3n) is 4.83. The van der Waals surface area contributed by atoms with Crippen LogP contribution in [0.4, 0.5) is 0 Å². The molecule has 1 saturated carbocycles. The van der Waals surface area contributed by atoms with Crippen molar-refractivity contribution >= 4 is 29.9 Å². The van der Waals surface area contributed by atoms with Crippen molar-refractivity contribution < 1.29 is 0 Å². The summed E-state index contributed by atoms with van der Waals surface area (Å²) in [6, 6.07) is 2.67. The van der Waals surface area contributed by atoms with Gasteiger partial charge in [-0.2, -0.15) is 0 Å². The van der Waals surface area contributed by atoms with E-state index in [1.165, 1.54) is 43.2 Å². The van der Waals surface area contributed by atoms with Crippen LogP contribution < -0.4 is 10.6 Å². The van der Waals surface area contributed by atoms with Crippen molar-refractivity contribution in [1.29, 1.82) is 0 Å². The molecule has 136 valence electrons. The minimum atomic E-state index is 0. The zero-order chi connectivity index (χ0) is 16.5. The molecule has 5 heteroatoms. The lowest BCUT2D eigenvalue weighted by Crippen LogP contribution is -2.45. The van der Waals surface area contributed by atoms with Gasteiger partial charge < -0.3 is 10.6 Å². The molecule has 1 heterocycles. The first-order chi connectivity index (χ1) is 11.2. The van der Waals surface area contributed by atoms with Crippen LogP contribution in [-0.4, -0.2) is 30.1 Å². The maximum atomic E-state index is 4.77. The second-order valence-corrected chi connectivity index (χ2v) is 6.59. The molecule has 2 atom stereocenters. The highest BCUT2D eigenvalue weighted by Gasteiger charge is 2.21. The molecule has 2 rings (SSSR count). The maximum absolute atomic E-state index is 4.77. The van der Waals surface area contributed by atoms with Crippen LogP contribution in [0, 0.1) is 12.8 Å². The number of aliphatic imine (C=N–C) groups is 1. The van der Waals surface area contributed by atoms with E-state index in [0.29, 0.717) is 6.04 Å². The van der Waals surface area contributed by atoms with Gasteiger partial charge in [0, 0.05) is 31.5 Å². The number of guanidine groups is 1. The first-order valence-electron chi connectivity index (χ1n) is 9.17. The minimum absolute atomic E-state index is 0. The summed E-state index contributed by atoms with van der Waals surface area (Å²) in [7, 11) is 0. The van der Waals surface area contributed by atoms with E-state index in [4.69, 9.17) is 4.99 Å². The summed E-state index contributed by atoms with van der Waals surface area (Å²) in [4.78, 5) is 8.92. The Balaban J connectivity index is 0.00000288. The molecule has 1 aromatic rings. The Morgan fingerprint density at radius 3 is 2.88 bits per heavy atom. The monoisotopic (exact) mass is 444 g/mol. The fraction of sp³-hybridized carbons (Fsp3) is 0.684. The fourth-order valence-electron chi connectivity index (χ4n) is 3.38. The van der Waals surface area contributed by atoms with Crippen molar-refractivity contribution in [3.63, 3.8) is 0 Å². The predicted molar refractivity (Wildman–Crippen MR) is 113 cm³/mol. The van der Waals surface area contributed by atoms with Crippen LogP contribution >= 0.6 is 24.0 Å². The average molecular weight is 444 g/mol. The molecule has 0 aliphatic heterocycles. The Labute approximate surface area is 164 Å². The summed E-state index contributed by atoms with van der Waals surface area (Å²) in [5, 5.41) is 7.04. The molecule has 1 aliphatic rings. The second-order valence-electron chi connectivity index (χ2n) is 6.59. The Hall–Kier alpha value is -0.850. The SMILES string of the molecule is CCNC(=NCCc1ccncc1C)NC1CCCC(CC)C1.I. The number of hydrogen-bond acceptors (Lipinski definition) is 2. The number of aromatic nitrogens is 1. The average Bonchev–Trinajstić information content (AvgIpc) is 2.57. The van der Waals surface area contributed by atoms with Gasteiger partial charge in [0.25, 0.3) is 0 Å². The molecule has 1 aliphatic carbocycles. The zero-order valence-electron chi connectivity index (χ0n) is 15.3. The van der Waals surface area contributed by atoms with Crippen molar-refractivity contribution in [1.82, 2.24) is 15.6 Å². The summed E-state index contributed by atoms with van der Waals surface area (Å²) in [5.74, 6) is 1.85. The fourth-order valence-corrected chi connectivity index (χ4v) is 3.38. The van der Waals surface area contributed by atoms with Crippen LogP contribution in [0.3, 0.4) is 0 Å². The summed E-state index contributed by atoms with van der Waals surface area (Å²) >= 11 is 0. The van der Waals surface area contributed by atoms with E-state index in [2.05, 4.69) is 42.5 Å². The normalized spacial score (nSPS) is 21.0.